The first kappa shape index (κ1) is 15.2. The Morgan fingerprint density at radius 3 is 2.33 bits per heavy atom. The molecule has 0 amide bonds. The van der Waals surface area contributed by atoms with Gasteiger partial charge in [0.15, 0.2) is 0 Å². The summed E-state index contributed by atoms with van der Waals surface area (Å²) in [7, 11) is 0. The van der Waals surface area contributed by atoms with Crippen LogP contribution >= 0.6 is 0 Å². The second kappa shape index (κ2) is 5.68. The maximum atomic E-state index is 12.9. The van der Waals surface area contributed by atoms with E-state index in [1.165, 1.54) is 12.1 Å². The van der Waals surface area contributed by atoms with Gasteiger partial charge in [0, 0.05) is 5.69 Å². The molecule has 0 aliphatic heterocycles. The molecule has 0 saturated heterocycles. The molecule has 5 heteroatoms. The molecular weight excluding hydrogens is 279 g/mol. The first-order valence-corrected chi connectivity index (χ1v) is 6.43. The highest BCUT2D eigenvalue weighted by Crippen LogP contribution is 2.37. The van der Waals surface area contributed by atoms with Gasteiger partial charge in [0.25, 0.3) is 0 Å². The number of benzene rings is 2. The molecule has 0 saturated carbocycles. The summed E-state index contributed by atoms with van der Waals surface area (Å²) in [6.07, 6.45) is -4.49. The number of rotatable bonds is 3. The van der Waals surface area contributed by atoms with Gasteiger partial charge in [-0.2, -0.15) is 13.2 Å². The smallest absolute Gasteiger partial charge is 0.420 e. The van der Waals surface area contributed by atoms with Crippen LogP contribution in [0.25, 0.3) is 0 Å². The average Bonchev–Trinajstić information content (AvgIpc) is 2.40. The molecule has 0 heterocycles. The quantitative estimate of drug-likeness (QED) is 0.847. The third-order valence-electron chi connectivity index (χ3n) is 3.27. The van der Waals surface area contributed by atoms with Crippen molar-refractivity contribution < 1.29 is 17.9 Å². The number of nitrogens with two attached hydrogens (primary N) is 1. The molecule has 0 radical (unpaired) electrons. The second-order valence-electron chi connectivity index (χ2n) is 4.96. The molecule has 0 bridgehead atoms. The highest BCUT2D eigenvalue weighted by atomic mass is 19.4. The zero-order chi connectivity index (χ0) is 15.6. The SMILES string of the molecule is Cc1ccc(COc2ccc(N)cc2C(F)(F)F)cc1C. The van der Waals surface area contributed by atoms with Crippen LogP contribution in [0.2, 0.25) is 0 Å². The van der Waals surface area contributed by atoms with E-state index in [1.807, 2.05) is 32.0 Å². The highest BCUT2D eigenvalue weighted by molar-refractivity contribution is 5.49. The molecule has 21 heavy (non-hydrogen) atoms. The highest BCUT2D eigenvalue weighted by Gasteiger charge is 2.34. The van der Waals surface area contributed by atoms with Crippen LogP contribution in [-0.4, -0.2) is 0 Å². The molecule has 0 unspecified atom stereocenters. The first-order chi connectivity index (χ1) is 9.77. The normalized spacial score (nSPS) is 11.5. The Kier molecular flexibility index (Phi) is 4.11. The zero-order valence-corrected chi connectivity index (χ0v) is 11.8. The Morgan fingerprint density at radius 2 is 1.71 bits per heavy atom. The summed E-state index contributed by atoms with van der Waals surface area (Å²) < 4.78 is 44.1. The topological polar surface area (TPSA) is 35.2 Å². The summed E-state index contributed by atoms with van der Waals surface area (Å²) in [5, 5.41) is 0. The molecular formula is C16H16F3NO. The van der Waals surface area contributed by atoms with Gasteiger partial charge in [-0.1, -0.05) is 18.2 Å². The van der Waals surface area contributed by atoms with Crippen molar-refractivity contribution in [2.45, 2.75) is 26.6 Å². The minimum absolute atomic E-state index is 0.0563. The Morgan fingerprint density at radius 1 is 1.00 bits per heavy atom. The number of hydrogen-bond acceptors (Lipinski definition) is 2. The van der Waals surface area contributed by atoms with Crippen molar-refractivity contribution in [3.05, 3.63) is 58.7 Å². The van der Waals surface area contributed by atoms with Crippen LogP contribution in [0.4, 0.5) is 18.9 Å². The van der Waals surface area contributed by atoms with Crippen LogP contribution in [0.15, 0.2) is 36.4 Å². The van der Waals surface area contributed by atoms with Crippen molar-refractivity contribution in [3.8, 4) is 5.75 Å². The van der Waals surface area contributed by atoms with Crippen molar-refractivity contribution in [2.24, 2.45) is 0 Å². The van der Waals surface area contributed by atoms with Crippen LogP contribution in [0, 0.1) is 13.8 Å². The molecule has 0 aliphatic rings. The lowest BCUT2D eigenvalue weighted by molar-refractivity contribution is -0.139. The largest absolute Gasteiger partial charge is 0.488 e. The summed E-state index contributed by atoms with van der Waals surface area (Å²) in [6.45, 7) is 4.00. The molecule has 112 valence electrons. The van der Waals surface area contributed by atoms with Gasteiger partial charge < -0.3 is 10.5 Å². The molecule has 2 nitrogen and oxygen atoms in total. The summed E-state index contributed by atoms with van der Waals surface area (Å²) in [6, 6.07) is 9.19. The van der Waals surface area contributed by atoms with Gasteiger partial charge in [0.05, 0.1) is 5.56 Å². The fourth-order valence-corrected chi connectivity index (χ4v) is 1.95. The van der Waals surface area contributed by atoms with Crippen LogP contribution < -0.4 is 10.5 Å². The molecule has 0 spiro atoms. The zero-order valence-electron chi connectivity index (χ0n) is 11.8. The predicted octanol–water partition coefficient (Wildman–Crippen LogP) is 4.48. The number of halogens is 3. The van der Waals surface area contributed by atoms with Gasteiger partial charge in [-0.25, -0.2) is 0 Å². The predicted molar refractivity (Wildman–Crippen MR) is 76.1 cm³/mol. The number of nitrogen functional groups attached to an aromatic ring is 1. The Bertz CT molecular complexity index is 650. The van der Waals surface area contributed by atoms with E-state index in [-0.39, 0.29) is 18.0 Å². The van der Waals surface area contributed by atoms with Crippen LogP contribution in [0.3, 0.4) is 0 Å². The number of alkyl halides is 3. The third kappa shape index (κ3) is 3.68. The van der Waals surface area contributed by atoms with E-state index in [0.717, 1.165) is 22.8 Å². The van der Waals surface area contributed by atoms with E-state index in [0.29, 0.717) is 0 Å². The van der Waals surface area contributed by atoms with Gasteiger partial charge >= 0.3 is 6.18 Å². The number of anilines is 1. The van der Waals surface area contributed by atoms with E-state index in [4.69, 9.17) is 10.5 Å². The van der Waals surface area contributed by atoms with E-state index in [1.54, 1.807) is 0 Å². The molecule has 2 aromatic carbocycles. The number of aryl methyl sites for hydroxylation is 2. The van der Waals surface area contributed by atoms with E-state index < -0.39 is 11.7 Å². The Balaban J connectivity index is 2.22. The summed E-state index contributed by atoms with van der Waals surface area (Å²) in [4.78, 5) is 0. The van der Waals surface area contributed by atoms with Crippen molar-refractivity contribution in [1.29, 1.82) is 0 Å². The van der Waals surface area contributed by atoms with Crippen LogP contribution in [-0.2, 0) is 12.8 Å². The maximum Gasteiger partial charge on any atom is 0.420 e. The lowest BCUT2D eigenvalue weighted by Gasteiger charge is -2.15. The molecule has 0 fully saturated rings. The van der Waals surface area contributed by atoms with E-state index in [2.05, 4.69) is 0 Å². The molecule has 2 rings (SSSR count). The molecule has 0 aliphatic carbocycles. The fraction of sp³-hybridized carbons (Fsp3) is 0.250. The molecule has 2 N–H and O–H groups in total. The van der Waals surface area contributed by atoms with Gasteiger partial charge in [-0.3, -0.25) is 0 Å². The van der Waals surface area contributed by atoms with Gasteiger partial charge in [-0.05, 0) is 48.7 Å². The average molecular weight is 295 g/mol. The third-order valence-corrected chi connectivity index (χ3v) is 3.27. The number of hydrogen-bond donors (Lipinski definition) is 1. The summed E-state index contributed by atoms with van der Waals surface area (Å²) >= 11 is 0. The molecule has 0 atom stereocenters. The summed E-state index contributed by atoms with van der Waals surface area (Å²) in [5.74, 6) is -0.213. The van der Waals surface area contributed by atoms with Crippen LogP contribution in [0.1, 0.15) is 22.3 Å². The lowest BCUT2D eigenvalue weighted by Crippen LogP contribution is -2.09. The Labute approximate surface area is 121 Å². The van der Waals surface area contributed by atoms with E-state index >= 15 is 0 Å². The van der Waals surface area contributed by atoms with Crippen molar-refractivity contribution in [2.75, 3.05) is 5.73 Å². The maximum absolute atomic E-state index is 12.9. The van der Waals surface area contributed by atoms with E-state index in [9.17, 15) is 13.2 Å². The standard InChI is InChI=1S/C16H16F3NO/c1-10-3-4-12(7-11(10)2)9-21-15-6-5-13(20)8-14(15)16(17,18)19/h3-8H,9,20H2,1-2H3. The van der Waals surface area contributed by atoms with Crippen molar-refractivity contribution in [3.63, 3.8) is 0 Å². The first-order valence-electron chi connectivity index (χ1n) is 6.43. The minimum Gasteiger partial charge on any atom is -0.488 e. The summed E-state index contributed by atoms with van der Waals surface area (Å²) in [5.41, 5.74) is 7.64. The number of ether oxygens (including phenoxy) is 1. The van der Waals surface area contributed by atoms with Crippen molar-refractivity contribution >= 4 is 5.69 Å². The van der Waals surface area contributed by atoms with Crippen LogP contribution in [0.5, 0.6) is 5.75 Å². The molecule has 2 aromatic rings. The molecule has 0 aromatic heterocycles. The van der Waals surface area contributed by atoms with Gasteiger partial charge in [0.2, 0.25) is 0 Å². The van der Waals surface area contributed by atoms with Gasteiger partial charge in [0.1, 0.15) is 12.4 Å². The monoisotopic (exact) mass is 295 g/mol. The second-order valence-corrected chi connectivity index (χ2v) is 4.96. The van der Waals surface area contributed by atoms with Crippen molar-refractivity contribution in [1.82, 2.24) is 0 Å². The lowest BCUT2D eigenvalue weighted by atomic mass is 10.1. The fourth-order valence-electron chi connectivity index (χ4n) is 1.95. The van der Waals surface area contributed by atoms with Gasteiger partial charge in [-0.15, -0.1) is 0 Å². The Hall–Kier alpha value is -2.17. The minimum atomic E-state index is -4.49.